The molecule has 0 unspecified atom stereocenters. The zero-order valence-corrected chi connectivity index (χ0v) is 18.9. The van der Waals surface area contributed by atoms with Crippen molar-refractivity contribution in [3.05, 3.63) is 98.4 Å². The van der Waals surface area contributed by atoms with Gasteiger partial charge in [0.25, 0.3) is 5.91 Å². The average molecular weight is 469 g/mol. The zero-order chi connectivity index (χ0) is 21.8. The number of nitrogens with one attached hydrogen (secondary N) is 1. The van der Waals surface area contributed by atoms with Crippen molar-refractivity contribution < 1.29 is 9.53 Å². The fraction of sp³-hybridized carbons (Fsp3) is 0.0833. The molecular weight excluding hydrogens is 451 g/mol. The maximum atomic E-state index is 12.5. The van der Waals surface area contributed by atoms with Gasteiger partial charge in [-0.2, -0.15) is 0 Å². The number of hydrogen-bond donors (Lipinski definition) is 1. The maximum absolute atomic E-state index is 12.5. The van der Waals surface area contributed by atoms with Gasteiger partial charge >= 0.3 is 0 Å². The molecule has 1 aliphatic heterocycles. The van der Waals surface area contributed by atoms with E-state index >= 15 is 0 Å². The van der Waals surface area contributed by atoms with E-state index in [-0.39, 0.29) is 5.91 Å². The largest absolute Gasteiger partial charge is 0.488 e. The maximum Gasteiger partial charge on any atom is 0.264 e. The number of carbonyl (C=O) groups is 1. The number of nitrogens with zero attached hydrogens (tertiary/aromatic N) is 1. The molecule has 0 saturated carbocycles. The summed E-state index contributed by atoms with van der Waals surface area (Å²) in [4.78, 5) is 17.6. The van der Waals surface area contributed by atoms with Crippen LogP contribution >= 0.6 is 35.0 Å². The molecular formula is C24H18Cl2N2O2S. The van der Waals surface area contributed by atoms with E-state index in [1.807, 2.05) is 79.7 Å². The fourth-order valence-corrected chi connectivity index (χ4v) is 4.04. The van der Waals surface area contributed by atoms with Crippen LogP contribution in [0.1, 0.15) is 16.7 Å². The summed E-state index contributed by atoms with van der Waals surface area (Å²) in [7, 11) is 0. The minimum absolute atomic E-state index is 0.198. The van der Waals surface area contributed by atoms with Gasteiger partial charge < -0.3 is 10.1 Å². The highest BCUT2D eigenvalue weighted by Crippen LogP contribution is 2.32. The van der Waals surface area contributed by atoms with Crippen LogP contribution in [0.15, 0.2) is 76.6 Å². The van der Waals surface area contributed by atoms with Crippen LogP contribution in [0.5, 0.6) is 5.75 Å². The van der Waals surface area contributed by atoms with Crippen LogP contribution in [0.4, 0.5) is 5.69 Å². The van der Waals surface area contributed by atoms with Crippen molar-refractivity contribution >= 4 is 57.8 Å². The fourth-order valence-electron chi connectivity index (χ4n) is 2.92. The Balaban J connectivity index is 1.53. The quantitative estimate of drug-likeness (QED) is 0.420. The highest BCUT2D eigenvalue weighted by molar-refractivity contribution is 8.18. The second kappa shape index (κ2) is 9.60. The first-order valence-electron chi connectivity index (χ1n) is 9.50. The summed E-state index contributed by atoms with van der Waals surface area (Å²) >= 11 is 13.4. The molecule has 1 heterocycles. The predicted molar refractivity (Wildman–Crippen MR) is 129 cm³/mol. The van der Waals surface area contributed by atoms with E-state index in [9.17, 15) is 4.79 Å². The summed E-state index contributed by atoms with van der Waals surface area (Å²) in [5.41, 5.74) is 3.41. The number of thioether (sulfide) groups is 1. The number of benzene rings is 3. The lowest BCUT2D eigenvalue weighted by atomic mass is 10.2. The van der Waals surface area contributed by atoms with Gasteiger partial charge in [0.2, 0.25) is 0 Å². The first-order chi connectivity index (χ1) is 15.0. The van der Waals surface area contributed by atoms with Crippen LogP contribution in [-0.2, 0) is 11.4 Å². The lowest BCUT2D eigenvalue weighted by Gasteiger charge is -2.09. The second-order valence-corrected chi connectivity index (χ2v) is 8.69. The Morgan fingerprint density at radius 1 is 1.03 bits per heavy atom. The second-order valence-electron chi connectivity index (χ2n) is 6.82. The number of aliphatic imine (C=N–C) groups is 1. The third-order valence-corrected chi connectivity index (χ3v) is 6.20. The molecule has 0 atom stereocenters. The van der Waals surface area contributed by atoms with E-state index in [0.29, 0.717) is 32.5 Å². The van der Waals surface area contributed by atoms with E-state index in [1.165, 1.54) is 11.8 Å². The van der Waals surface area contributed by atoms with Crippen molar-refractivity contribution in [1.29, 1.82) is 0 Å². The molecule has 0 aromatic heterocycles. The van der Waals surface area contributed by atoms with Gasteiger partial charge in [-0.3, -0.25) is 4.79 Å². The molecule has 3 aromatic carbocycles. The summed E-state index contributed by atoms with van der Waals surface area (Å²) < 4.78 is 5.99. The van der Waals surface area contributed by atoms with Crippen LogP contribution in [0.3, 0.4) is 0 Å². The number of rotatable bonds is 5. The Labute approximate surface area is 194 Å². The molecule has 0 spiro atoms. The molecule has 0 radical (unpaired) electrons. The average Bonchev–Trinajstić information content (AvgIpc) is 3.10. The third-order valence-electron chi connectivity index (χ3n) is 4.63. The zero-order valence-electron chi connectivity index (χ0n) is 16.6. The molecule has 1 saturated heterocycles. The number of halogens is 2. The van der Waals surface area contributed by atoms with Crippen molar-refractivity contribution in [1.82, 2.24) is 5.32 Å². The van der Waals surface area contributed by atoms with Gasteiger partial charge in [-0.15, -0.1) is 0 Å². The number of amidine groups is 1. The SMILES string of the molecule is Cc1c(Cl)cccc1N=C1NC(=O)/C(=C\c2ccccc2OCc2ccc(Cl)cc2)S1. The molecule has 1 aliphatic rings. The molecule has 0 bridgehead atoms. The van der Waals surface area contributed by atoms with Gasteiger partial charge in [-0.1, -0.05) is 59.6 Å². The standard InChI is InChI=1S/C24H18Cl2N2O2S/c1-15-19(26)6-4-7-20(15)27-24-28-23(29)22(31-24)13-17-5-2-3-8-21(17)30-14-16-9-11-18(25)12-10-16/h2-13H,14H2,1H3,(H,27,28,29)/b22-13+. The lowest BCUT2D eigenvalue weighted by Crippen LogP contribution is -2.19. The van der Waals surface area contributed by atoms with Crippen LogP contribution in [0.25, 0.3) is 6.08 Å². The van der Waals surface area contributed by atoms with Crippen molar-refractivity contribution in [3.8, 4) is 5.75 Å². The third kappa shape index (κ3) is 5.31. The summed E-state index contributed by atoms with van der Waals surface area (Å²) in [5.74, 6) is 0.491. The molecule has 1 N–H and O–H groups in total. The molecule has 4 nitrogen and oxygen atoms in total. The van der Waals surface area contributed by atoms with Gasteiger partial charge in [0.15, 0.2) is 5.17 Å². The number of hydrogen-bond acceptors (Lipinski definition) is 4. The molecule has 156 valence electrons. The van der Waals surface area contributed by atoms with E-state index in [0.717, 1.165) is 22.4 Å². The molecule has 7 heteroatoms. The lowest BCUT2D eigenvalue weighted by molar-refractivity contribution is -0.115. The Kier molecular flexibility index (Phi) is 6.66. The molecule has 3 aromatic rings. The van der Waals surface area contributed by atoms with Crippen molar-refractivity contribution in [3.63, 3.8) is 0 Å². The molecule has 1 amide bonds. The Bertz CT molecular complexity index is 1190. The number of para-hydroxylation sites is 1. The normalized spacial score (nSPS) is 16.0. The van der Waals surface area contributed by atoms with Gasteiger partial charge in [0.1, 0.15) is 12.4 Å². The van der Waals surface area contributed by atoms with Crippen molar-refractivity contribution in [2.24, 2.45) is 4.99 Å². The van der Waals surface area contributed by atoms with Crippen molar-refractivity contribution in [2.75, 3.05) is 0 Å². The highest BCUT2D eigenvalue weighted by Gasteiger charge is 2.24. The number of ether oxygens (including phenoxy) is 1. The smallest absolute Gasteiger partial charge is 0.264 e. The van der Waals surface area contributed by atoms with E-state index < -0.39 is 0 Å². The van der Waals surface area contributed by atoms with Crippen LogP contribution in [-0.4, -0.2) is 11.1 Å². The van der Waals surface area contributed by atoms with Crippen LogP contribution in [0.2, 0.25) is 10.0 Å². The van der Waals surface area contributed by atoms with E-state index in [2.05, 4.69) is 10.3 Å². The summed E-state index contributed by atoms with van der Waals surface area (Å²) in [6, 6.07) is 20.6. The molecule has 0 aliphatic carbocycles. The minimum Gasteiger partial charge on any atom is -0.488 e. The highest BCUT2D eigenvalue weighted by atomic mass is 35.5. The summed E-state index contributed by atoms with van der Waals surface area (Å²) in [6.07, 6.45) is 1.81. The molecule has 1 fully saturated rings. The minimum atomic E-state index is -0.198. The first-order valence-corrected chi connectivity index (χ1v) is 11.1. The topological polar surface area (TPSA) is 50.7 Å². The van der Waals surface area contributed by atoms with Crippen LogP contribution in [0, 0.1) is 6.92 Å². The van der Waals surface area contributed by atoms with Crippen LogP contribution < -0.4 is 10.1 Å². The van der Waals surface area contributed by atoms with E-state index in [4.69, 9.17) is 27.9 Å². The van der Waals surface area contributed by atoms with Gasteiger partial charge in [-0.25, -0.2) is 4.99 Å². The molecule has 31 heavy (non-hydrogen) atoms. The van der Waals surface area contributed by atoms with Crippen molar-refractivity contribution in [2.45, 2.75) is 13.5 Å². The Morgan fingerprint density at radius 2 is 1.81 bits per heavy atom. The molecule has 4 rings (SSSR count). The first kappa shape index (κ1) is 21.5. The Morgan fingerprint density at radius 3 is 2.61 bits per heavy atom. The van der Waals surface area contributed by atoms with Gasteiger partial charge in [0, 0.05) is 15.6 Å². The number of carbonyl (C=O) groups excluding carboxylic acids is 1. The summed E-state index contributed by atoms with van der Waals surface area (Å²) in [6.45, 7) is 2.30. The summed E-state index contributed by atoms with van der Waals surface area (Å²) in [5, 5.41) is 4.65. The van der Waals surface area contributed by atoms with Gasteiger partial charge in [-0.05, 0) is 66.2 Å². The Hall–Kier alpha value is -2.73. The number of amides is 1. The monoisotopic (exact) mass is 468 g/mol. The van der Waals surface area contributed by atoms with Gasteiger partial charge in [0.05, 0.1) is 10.6 Å². The predicted octanol–water partition coefficient (Wildman–Crippen LogP) is 6.77. The van der Waals surface area contributed by atoms with E-state index in [1.54, 1.807) is 0 Å².